The van der Waals surface area contributed by atoms with Crippen molar-refractivity contribution >= 4 is 38.9 Å². The highest BCUT2D eigenvalue weighted by Gasteiger charge is 2.19. The van der Waals surface area contributed by atoms with E-state index >= 15 is 0 Å². The maximum Gasteiger partial charge on any atom is 0.267 e. The summed E-state index contributed by atoms with van der Waals surface area (Å²) in [5.74, 6) is 1.22. The van der Waals surface area contributed by atoms with Gasteiger partial charge in [0.2, 0.25) is 0 Å². The first-order valence-electron chi connectivity index (χ1n) is 8.79. The topological polar surface area (TPSA) is 60.5 Å². The first-order valence-corrected chi connectivity index (χ1v) is 10.4. The van der Waals surface area contributed by atoms with Crippen LogP contribution in [0.4, 0.5) is 5.69 Å². The molecule has 0 spiro atoms. The minimum absolute atomic E-state index is 0.198. The Morgan fingerprint density at radius 3 is 2.57 bits per heavy atom. The standard InChI is InChI=1S/C21H21BrN2O3S/c1-5-27-16-8-6-14(7-9-16)21-23-13(3)19(28-21)20(25)24-18-12(2)10-15(22)11-17(18)26-4/h6-11H,5H2,1-4H3,(H,24,25). The van der Waals surface area contributed by atoms with Gasteiger partial charge in [-0.15, -0.1) is 11.3 Å². The molecule has 0 fully saturated rings. The quantitative estimate of drug-likeness (QED) is 0.501. The second kappa shape index (κ2) is 8.75. The molecule has 0 radical (unpaired) electrons. The number of amides is 1. The lowest BCUT2D eigenvalue weighted by Crippen LogP contribution is -2.13. The molecule has 0 bridgehead atoms. The molecule has 1 heterocycles. The number of nitrogens with one attached hydrogen (secondary N) is 1. The van der Waals surface area contributed by atoms with E-state index in [9.17, 15) is 4.79 Å². The van der Waals surface area contributed by atoms with Crippen LogP contribution >= 0.6 is 27.3 Å². The summed E-state index contributed by atoms with van der Waals surface area (Å²) in [5, 5.41) is 3.77. The molecular formula is C21H21BrN2O3S. The van der Waals surface area contributed by atoms with Gasteiger partial charge in [0.1, 0.15) is 21.4 Å². The Morgan fingerprint density at radius 2 is 1.93 bits per heavy atom. The smallest absolute Gasteiger partial charge is 0.267 e. The van der Waals surface area contributed by atoms with Crippen LogP contribution in [0, 0.1) is 13.8 Å². The van der Waals surface area contributed by atoms with E-state index in [2.05, 4.69) is 26.2 Å². The summed E-state index contributed by atoms with van der Waals surface area (Å²) >= 11 is 4.81. The van der Waals surface area contributed by atoms with Crippen LogP contribution in [0.5, 0.6) is 11.5 Å². The third-order valence-electron chi connectivity index (χ3n) is 4.14. The molecule has 0 saturated heterocycles. The summed E-state index contributed by atoms with van der Waals surface area (Å²) in [7, 11) is 1.58. The monoisotopic (exact) mass is 460 g/mol. The van der Waals surface area contributed by atoms with Crippen molar-refractivity contribution in [3.05, 3.63) is 57.0 Å². The highest BCUT2D eigenvalue weighted by molar-refractivity contribution is 9.10. The van der Waals surface area contributed by atoms with Gasteiger partial charge in [-0.3, -0.25) is 4.79 Å². The fraction of sp³-hybridized carbons (Fsp3) is 0.238. The number of hydrogen-bond acceptors (Lipinski definition) is 5. The number of carbonyl (C=O) groups is 1. The first kappa shape index (κ1) is 20.4. The Bertz CT molecular complexity index is 1000. The Balaban J connectivity index is 1.86. The molecule has 7 heteroatoms. The molecule has 0 saturated carbocycles. The van der Waals surface area contributed by atoms with Gasteiger partial charge in [0.25, 0.3) is 5.91 Å². The number of ether oxygens (including phenoxy) is 2. The van der Waals surface area contributed by atoms with Crippen LogP contribution in [0.1, 0.15) is 27.9 Å². The van der Waals surface area contributed by atoms with Gasteiger partial charge in [-0.25, -0.2) is 4.98 Å². The van der Waals surface area contributed by atoms with Crippen molar-refractivity contribution in [2.75, 3.05) is 19.0 Å². The molecular weight excluding hydrogens is 440 g/mol. The fourth-order valence-corrected chi connectivity index (χ4v) is 4.31. The average molecular weight is 461 g/mol. The van der Waals surface area contributed by atoms with Gasteiger partial charge in [0, 0.05) is 10.0 Å². The Kier molecular flexibility index (Phi) is 6.36. The lowest BCUT2D eigenvalue weighted by molar-refractivity contribution is 0.102. The lowest BCUT2D eigenvalue weighted by atomic mass is 10.2. The molecule has 1 aromatic heterocycles. The lowest BCUT2D eigenvalue weighted by Gasteiger charge is -2.13. The third-order valence-corrected chi connectivity index (χ3v) is 5.80. The van der Waals surface area contributed by atoms with Gasteiger partial charge in [-0.1, -0.05) is 15.9 Å². The molecule has 5 nitrogen and oxygen atoms in total. The van der Waals surface area contributed by atoms with Gasteiger partial charge in [-0.05, 0) is 62.7 Å². The zero-order chi connectivity index (χ0) is 20.3. The van der Waals surface area contributed by atoms with Crippen molar-refractivity contribution < 1.29 is 14.3 Å². The van der Waals surface area contributed by atoms with Gasteiger partial charge in [0.05, 0.1) is 25.1 Å². The number of thiazole rings is 1. The van der Waals surface area contributed by atoms with Crippen molar-refractivity contribution in [1.29, 1.82) is 0 Å². The number of nitrogens with zero attached hydrogens (tertiary/aromatic N) is 1. The number of methoxy groups -OCH3 is 1. The molecule has 0 aliphatic heterocycles. The molecule has 0 atom stereocenters. The van der Waals surface area contributed by atoms with Crippen LogP contribution in [0.15, 0.2) is 40.9 Å². The van der Waals surface area contributed by atoms with E-state index in [0.717, 1.165) is 26.4 Å². The fourth-order valence-electron chi connectivity index (χ4n) is 2.79. The predicted molar refractivity (Wildman–Crippen MR) is 117 cm³/mol. The molecule has 1 N–H and O–H groups in total. The normalized spacial score (nSPS) is 10.6. The van der Waals surface area contributed by atoms with Crippen LogP contribution in [-0.2, 0) is 0 Å². The largest absolute Gasteiger partial charge is 0.495 e. The molecule has 0 unspecified atom stereocenters. The van der Waals surface area contributed by atoms with E-state index in [1.54, 1.807) is 7.11 Å². The van der Waals surface area contributed by atoms with E-state index in [1.165, 1.54) is 11.3 Å². The summed E-state index contributed by atoms with van der Waals surface area (Å²) in [5.41, 5.74) is 3.22. The van der Waals surface area contributed by atoms with E-state index in [4.69, 9.17) is 9.47 Å². The number of halogens is 1. The van der Waals surface area contributed by atoms with Crippen molar-refractivity contribution in [2.45, 2.75) is 20.8 Å². The van der Waals surface area contributed by atoms with E-state index in [-0.39, 0.29) is 5.91 Å². The van der Waals surface area contributed by atoms with Crippen molar-refractivity contribution in [1.82, 2.24) is 4.98 Å². The highest BCUT2D eigenvalue weighted by atomic mass is 79.9. The summed E-state index contributed by atoms with van der Waals surface area (Å²) in [6.07, 6.45) is 0. The zero-order valence-corrected chi connectivity index (χ0v) is 18.5. The Labute approximate surface area is 176 Å². The SMILES string of the molecule is CCOc1ccc(-c2nc(C)c(C(=O)Nc3c(C)cc(Br)cc3OC)s2)cc1. The second-order valence-corrected chi connectivity index (χ2v) is 8.06. The highest BCUT2D eigenvalue weighted by Crippen LogP contribution is 2.34. The van der Waals surface area contributed by atoms with Gasteiger partial charge >= 0.3 is 0 Å². The van der Waals surface area contributed by atoms with Crippen molar-refractivity contribution in [2.24, 2.45) is 0 Å². The number of hydrogen-bond donors (Lipinski definition) is 1. The maximum absolute atomic E-state index is 12.9. The number of aromatic nitrogens is 1. The molecule has 3 rings (SSSR count). The third kappa shape index (κ3) is 4.36. The Hall–Kier alpha value is -2.38. The average Bonchev–Trinajstić information content (AvgIpc) is 3.06. The number of anilines is 1. The Morgan fingerprint density at radius 1 is 1.21 bits per heavy atom. The van der Waals surface area contributed by atoms with Crippen LogP contribution in [-0.4, -0.2) is 24.6 Å². The van der Waals surface area contributed by atoms with E-state index in [1.807, 2.05) is 57.2 Å². The predicted octanol–water partition coefficient (Wildman–Crippen LogP) is 5.85. The van der Waals surface area contributed by atoms with Crippen LogP contribution in [0.2, 0.25) is 0 Å². The molecule has 2 aromatic carbocycles. The molecule has 0 aliphatic rings. The van der Waals surface area contributed by atoms with Gasteiger partial charge in [0.15, 0.2) is 0 Å². The second-order valence-electron chi connectivity index (χ2n) is 6.15. The summed E-state index contributed by atoms with van der Waals surface area (Å²) in [4.78, 5) is 18.0. The summed E-state index contributed by atoms with van der Waals surface area (Å²) in [6.45, 7) is 6.34. The van der Waals surface area contributed by atoms with Crippen molar-refractivity contribution in [3.63, 3.8) is 0 Å². The number of benzene rings is 2. The van der Waals surface area contributed by atoms with Gasteiger partial charge < -0.3 is 14.8 Å². The summed E-state index contributed by atoms with van der Waals surface area (Å²) in [6, 6.07) is 11.5. The minimum atomic E-state index is -0.198. The molecule has 0 aliphatic carbocycles. The number of rotatable bonds is 6. The van der Waals surface area contributed by atoms with Crippen LogP contribution in [0.25, 0.3) is 10.6 Å². The molecule has 3 aromatic rings. The van der Waals surface area contributed by atoms with E-state index < -0.39 is 0 Å². The van der Waals surface area contributed by atoms with Crippen LogP contribution < -0.4 is 14.8 Å². The first-order chi connectivity index (χ1) is 13.4. The number of carbonyl (C=O) groups excluding carboxylic acids is 1. The molecule has 28 heavy (non-hydrogen) atoms. The molecule has 1 amide bonds. The van der Waals surface area contributed by atoms with Crippen molar-refractivity contribution in [3.8, 4) is 22.1 Å². The van der Waals surface area contributed by atoms with Gasteiger partial charge in [-0.2, -0.15) is 0 Å². The molecule has 146 valence electrons. The van der Waals surface area contributed by atoms with Crippen LogP contribution in [0.3, 0.4) is 0 Å². The maximum atomic E-state index is 12.9. The van der Waals surface area contributed by atoms with E-state index in [0.29, 0.717) is 28.6 Å². The minimum Gasteiger partial charge on any atom is -0.495 e. The number of aryl methyl sites for hydroxylation is 2. The zero-order valence-electron chi connectivity index (χ0n) is 16.1. The summed E-state index contributed by atoms with van der Waals surface area (Å²) < 4.78 is 11.8.